The minimum absolute atomic E-state index is 0.0531. The van der Waals surface area contributed by atoms with Crippen molar-refractivity contribution in [3.05, 3.63) is 290 Å². The van der Waals surface area contributed by atoms with Gasteiger partial charge >= 0.3 is 0 Å². The average Bonchev–Trinajstić information content (AvgIpc) is 1.60. The van der Waals surface area contributed by atoms with Crippen LogP contribution in [-0.2, 0) is 10.8 Å². The number of fused-ring (bicyclic) bond motifs is 27. The van der Waals surface area contributed by atoms with Crippen LogP contribution in [0.5, 0.6) is 0 Å². The van der Waals surface area contributed by atoms with Crippen molar-refractivity contribution in [1.82, 2.24) is 18.7 Å². The Balaban J connectivity index is 1.01. The van der Waals surface area contributed by atoms with Crippen molar-refractivity contribution in [2.45, 2.75) is 52.4 Å². The highest BCUT2D eigenvalue weighted by atomic mass is 15.2. The van der Waals surface area contributed by atoms with E-state index in [0.29, 0.717) is 0 Å². The van der Waals surface area contributed by atoms with E-state index in [4.69, 9.17) is 4.98 Å². The maximum absolute atomic E-state index is 5.40. The standard InChI is InChI=1S/C91H64BN5/c1-90(2,3)54-39-42-56(43-40-54)94-77-45-41-55(91(4,5)6)49-71(77)92-72-50-70-62-28-10-8-24-58(62)60-26-12-14-34-68(60)85(70)87-86-78(46-44-69-61-27-9-7-23-57(61)59-25-11-13-33-67(59)84(69)86)97(89(72)87)80-48-53(47-79(94)88(80)92)83-81(95-73-35-19-15-29-63(73)64-30-16-20-36-74(64)95)51-93-52-82(83)96-75-37-21-17-31-65(75)66-32-18-22-38-76(66)96/h7-52H,1-6H3. The number of hydrogen-bond donors (Lipinski definition) is 0. The summed E-state index contributed by atoms with van der Waals surface area (Å²) in [4.78, 5) is 8.03. The molecule has 6 heteroatoms. The van der Waals surface area contributed by atoms with Gasteiger partial charge in [-0.3, -0.25) is 4.98 Å². The summed E-state index contributed by atoms with van der Waals surface area (Å²) in [5.41, 5.74) is 22.0. The number of hydrogen-bond acceptors (Lipinski definition) is 2. The van der Waals surface area contributed by atoms with Crippen LogP contribution in [0.4, 0.5) is 17.1 Å². The van der Waals surface area contributed by atoms with Gasteiger partial charge in [0.1, 0.15) is 0 Å². The van der Waals surface area contributed by atoms with Crippen LogP contribution in [-0.4, -0.2) is 25.4 Å². The fourth-order valence-corrected chi connectivity index (χ4v) is 17.9. The van der Waals surface area contributed by atoms with Gasteiger partial charge in [0, 0.05) is 71.4 Å². The smallest absolute Gasteiger partial charge is 0.252 e. The van der Waals surface area contributed by atoms with Gasteiger partial charge in [-0.05, 0) is 158 Å². The zero-order valence-electron chi connectivity index (χ0n) is 54.9. The summed E-state index contributed by atoms with van der Waals surface area (Å²) in [6, 6.07) is 102. The number of nitrogens with zero attached hydrogens (tertiary/aromatic N) is 5. The Morgan fingerprint density at radius 2 is 0.701 bits per heavy atom. The summed E-state index contributed by atoms with van der Waals surface area (Å²) in [6.45, 7) is 13.9. The highest BCUT2D eigenvalue weighted by Gasteiger charge is 2.45. The van der Waals surface area contributed by atoms with Gasteiger partial charge in [0.25, 0.3) is 6.71 Å². The lowest BCUT2D eigenvalue weighted by atomic mass is 9.33. The SMILES string of the molecule is CC(C)(C)c1ccc(N2c3ccc(C(C)(C)C)cc3B3c4c2cc(-c2c(-n5c6ccccc6c6ccccc65)cncc2-n2c5ccccc5c5ccccc52)cc4-n2c4ccc5c6ccccc6c6ccccc6c5c4c4c5c6ccccc6c6ccccc6c5cc3c42)cc1. The molecule has 0 saturated heterocycles. The predicted octanol–water partition coefficient (Wildman–Crippen LogP) is 22.2. The number of rotatable bonds is 4. The topological polar surface area (TPSA) is 30.9 Å². The Kier molecular flexibility index (Phi) is 11.0. The number of para-hydroxylation sites is 4. The second-order valence-electron chi connectivity index (χ2n) is 29.3. The van der Waals surface area contributed by atoms with Crippen LogP contribution in [0.1, 0.15) is 52.7 Å². The Bertz CT molecular complexity index is 6450. The summed E-state index contributed by atoms with van der Waals surface area (Å²) < 4.78 is 7.73. The quantitative estimate of drug-likeness (QED) is 0.130. The summed E-state index contributed by atoms with van der Waals surface area (Å²) in [5, 5.41) is 22.6. The third-order valence-corrected chi connectivity index (χ3v) is 22.1. The first kappa shape index (κ1) is 54.6. The predicted molar refractivity (Wildman–Crippen MR) is 414 cm³/mol. The van der Waals surface area contributed by atoms with Gasteiger partial charge in [-0.1, -0.05) is 248 Å². The van der Waals surface area contributed by atoms with Gasteiger partial charge in [0.05, 0.1) is 56.9 Å². The van der Waals surface area contributed by atoms with E-state index in [1.807, 2.05) is 0 Å². The Hall–Kier alpha value is -11.7. The molecule has 0 N–H and O–H groups in total. The third kappa shape index (κ3) is 7.37. The first-order chi connectivity index (χ1) is 47.5. The lowest BCUT2D eigenvalue weighted by Crippen LogP contribution is -2.60. The van der Waals surface area contributed by atoms with Gasteiger partial charge in [0.15, 0.2) is 0 Å². The van der Waals surface area contributed by atoms with Gasteiger partial charge < -0.3 is 18.6 Å². The third-order valence-electron chi connectivity index (χ3n) is 22.1. The highest BCUT2D eigenvalue weighted by molar-refractivity contribution is 7.00. The number of benzene rings is 15. The lowest BCUT2D eigenvalue weighted by Gasteiger charge is -2.41. The van der Waals surface area contributed by atoms with E-state index in [0.717, 1.165) is 55.9 Å². The fourth-order valence-electron chi connectivity index (χ4n) is 17.9. The van der Waals surface area contributed by atoms with Gasteiger partial charge in [-0.2, -0.15) is 0 Å². The fraction of sp³-hybridized carbons (Fsp3) is 0.0879. The van der Waals surface area contributed by atoms with Gasteiger partial charge in [0.2, 0.25) is 0 Å². The van der Waals surface area contributed by atoms with Crippen molar-refractivity contribution in [3.8, 4) is 28.2 Å². The van der Waals surface area contributed by atoms with Crippen LogP contribution in [0.3, 0.4) is 0 Å². The molecule has 2 aliphatic rings. The highest BCUT2D eigenvalue weighted by Crippen LogP contribution is 2.53. The molecule has 0 atom stereocenters. The molecule has 0 amide bonds. The minimum Gasteiger partial charge on any atom is -0.311 e. The molecule has 0 radical (unpaired) electrons. The molecule has 97 heavy (non-hydrogen) atoms. The molecule has 15 aromatic carbocycles. The van der Waals surface area contributed by atoms with Crippen LogP contribution in [0.15, 0.2) is 279 Å². The van der Waals surface area contributed by atoms with Crippen LogP contribution < -0.4 is 21.3 Å². The Morgan fingerprint density at radius 1 is 0.289 bits per heavy atom. The first-order valence-corrected chi connectivity index (χ1v) is 34.2. The van der Waals surface area contributed by atoms with Crippen molar-refractivity contribution < 1.29 is 0 Å². The Morgan fingerprint density at radius 3 is 1.20 bits per heavy atom. The van der Waals surface area contributed by atoms with Crippen molar-refractivity contribution in [1.29, 1.82) is 0 Å². The molecule has 5 nitrogen and oxygen atoms in total. The largest absolute Gasteiger partial charge is 0.311 e. The van der Waals surface area contributed by atoms with Crippen LogP contribution in [0, 0.1) is 0 Å². The molecule has 0 spiro atoms. The number of aromatic nitrogens is 4. The summed E-state index contributed by atoms with van der Waals surface area (Å²) in [7, 11) is 0. The monoisotopic (exact) mass is 1240 g/mol. The zero-order valence-corrected chi connectivity index (χ0v) is 54.9. The molecule has 456 valence electrons. The molecule has 0 bridgehead atoms. The molecular formula is C91H64BN5. The Labute approximate surface area is 561 Å². The maximum Gasteiger partial charge on any atom is 0.252 e. The van der Waals surface area contributed by atoms with Crippen LogP contribution in [0.25, 0.3) is 158 Å². The van der Waals surface area contributed by atoms with Crippen LogP contribution >= 0.6 is 0 Å². The van der Waals surface area contributed by atoms with Crippen molar-refractivity contribution in [2.75, 3.05) is 4.90 Å². The number of pyridine rings is 1. The normalized spacial score (nSPS) is 13.2. The summed E-state index contributed by atoms with van der Waals surface area (Å²) in [6.07, 6.45) is 4.26. The maximum atomic E-state index is 5.40. The molecule has 0 aliphatic carbocycles. The van der Waals surface area contributed by atoms with E-state index < -0.39 is 0 Å². The molecule has 2 aliphatic heterocycles. The van der Waals surface area contributed by atoms with Crippen molar-refractivity contribution >= 4 is 170 Å². The first-order valence-electron chi connectivity index (χ1n) is 34.2. The molecule has 0 saturated carbocycles. The molecule has 6 heterocycles. The molecule has 21 rings (SSSR count). The van der Waals surface area contributed by atoms with E-state index >= 15 is 0 Å². The molecule has 0 unspecified atom stereocenters. The van der Waals surface area contributed by atoms with Crippen molar-refractivity contribution in [3.63, 3.8) is 0 Å². The molecule has 19 aromatic rings. The van der Waals surface area contributed by atoms with E-state index in [1.165, 1.54) is 147 Å². The zero-order chi connectivity index (χ0) is 64.5. The van der Waals surface area contributed by atoms with E-state index in [2.05, 4.69) is 339 Å². The minimum atomic E-state index is -0.190. The lowest BCUT2D eigenvalue weighted by molar-refractivity contribution is 0.590. The summed E-state index contributed by atoms with van der Waals surface area (Å²) >= 11 is 0. The number of anilines is 3. The summed E-state index contributed by atoms with van der Waals surface area (Å²) in [5.74, 6) is 0. The second-order valence-corrected chi connectivity index (χ2v) is 29.3. The van der Waals surface area contributed by atoms with E-state index in [-0.39, 0.29) is 17.5 Å². The average molecular weight is 1240 g/mol. The van der Waals surface area contributed by atoms with E-state index in [9.17, 15) is 0 Å². The molecule has 4 aromatic heterocycles. The van der Waals surface area contributed by atoms with Gasteiger partial charge in [-0.15, -0.1) is 0 Å². The second kappa shape index (κ2) is 19.5. The molecular weight excluding hydrogens is 1170 g/mol. The van der Waals surface area contributed by atoms with Crippen LogP contribution in [0.2, 0.25) is 0 Å². The van der Waals surface area contributed by atoms with Crippen molar-refractivity contribution in [2.24, 2.45) is 0 Å². The van der Waals surface area contributed by atoms with E-state index in [1.54, 1.807) is 0 Å². The van der Waals surface area contributed by atoms with Gasteiger partial charge in [-0.25, -0.2) is 0 Å². The molecule has 0 fully saturated rings.